The van der Waals surface area contributed by atoms with Gasteiger partial charge in [-0.25, -0.2) is 4.79 Å². The Kier molecular flexibility index (Phi) is 4.40. The van der Waals surface area contributed by atoms with Crippen LogP contribution in [0.3, 0.4) is 0 Å². The topological polar surface area (TPSA) is 59.9 Å². The second-order valence-corrected chi connectivity index (χ2v) is 6.91. The average Bonchev–Trinajstić information content (AvgIpc) is 2.58. The van der Waals surface area contributed by atoms with Crippen molar-refractivity contribution in [1.82, 2.24) is 5.32 Å². The Bertz CT molecular complexity index is 388. The Morgan fingerprint density at radius 2 is 2.05 bits per heavy atom. The van der Waals surface area contributed by atoms with E-state index in [1.54, 1.807) is 0 Å². The molecule has 0 radical (unpaired) electrons. The first kappa shape index (κ1) is 16.1. The fraction of sp³-hybridized carbons (Fsp3) is 0.846. The number of ether oxygens (including phenoxy) is 1. The van der Waals surface area contributed by atoms with E-state index in [2.05, 4.69) is 10.5 Å². The van der Waals surface area contributed by atoms with E-state index < -0.39 is 22.8 Å². The molecular weight excluding hydrogens is 268 g/mol. The quantitative estimate of drug-likeness (QED) is 0.813. The minimum atomic E-state index is -0.633. The van der Waals surface area contributed by atoms with Crippen LogP contribution in [0.5, 0.6) is 0 Å². The number of alkyl carbamates (subject to hydrolysis) is 1. The predicted octanol–water partition coefficient (Wildman–Crippen LogP) is 3.06. The second-order valence-electron chi connectivity index (χ2n) is 6.64. The summed E-state index contributed by atoms with van der Waals surface area (Å²) in [5, 5.41) is 6.84. The Morgan fingerprint density at radius 3 is 2.47 bits per heavy atom. The summed E-state index contributed by atoms with van der Waals surface area (Å²) in [6.07, 6.45) is 0.110. The molecule has 1 amide bonds. The first-order valence-corrected chi connectivity index (χ1v) is 6.84. The Balaban J connectivity index is 2.65. The third-order valence-corrected chi connectivity index (χ3v) is 3.30. The summed E-state index contributed by atoms with van der Waals surface area (Å²) in [5.74, 6) is 0.350. The average molecular weight is 291 g/mol. The zero-order valence-electron chi connectivity index (χ0n) is 12.5. The van der Waals surface area contributed by atoms with E-state index in [0.717, 1.165) is 5.71 Å². The summed E-state index contributed by atoms with van der Waals surface area (Å²) in [6, 6.07) is 0. The van der Waals surface area contributed by atoms with Crippen molar-refractivity contribution in [3.05, 3.63) is 0 Å². The minimum Gasteiger partial charge on any atom is -0.444 e. The number of alkyl halides is 1. The smallest absolute Gasteiger partial charge is 0.408 e. The molecule has 0 spiro atoms. The zero-order chi connectivity index (χ0) is 14.9. The summed E-state index contributed by atoms with van der Waals surface area (Å²) in [4.78, 5) is 17.1. The summed E-state index contributed by atoms with van der Waals surface area (Å²) in [6.45, 7) is 11.1. The van der Waals surface area contributed by atoms with E-state index in [9.17, 15) is 4.79 Å². The monoisotopic (exact) mass is 290 g/mol. The van der Waals surface area contributed by atoms with Gasteiger partial charge in [0, 0.05) is 6.42 Å². The van der Waals surface area contributed by atoms with Gasteiger partial charge in [-0.2, -0.15) is 0 Å². The number of rotatable bonds is 3. The second kappa shape index (κ2) is 5.19. The Labute approximate surface area is 119 Å². The normalized spacial score (nSPS) is 23.6. The van der Waals surface area contributed by atoms with Gasteiger partial charge in [-0.1, -0.05) is 5.16 Å². The van der Waals surface area contributed by atoms with Crippen LogP contribution in [-0.2, 0) is 9.57 Å². The predicted molar refractivity (Wildman–Crippen MR) is 75.7 cm³/mol. The minimum absolute atomic E-state index is 0.350. The SMILES string of the molecule is CC(C)(C)OC(=O)NC(C)(C)C1=NOC(C)(CCl)C1. The number of nitrogens with one attached hydrogen (secondary N) is 1. The summed E-state index contributed by atoms with van der Waals surface area (Å²) in [5.41, 5.74) is -0.907. The lowest BCUT2D eigenvalue weighted by atomic mass is 9.90. The third kappa shape index (κ3) is 4.56. The molecule has 19 heavy (non-hydrogen) atoms. The number of hydrogen-bond donors (Lipinski definition) is 1. The van der Waals surface area contributed by atoms with E-state index in [1.807, 2.05) is 41.5 Å². The van der Waals surface area contributed by atoms with Crippen LogP contribution in [0.15, 0.2) is 5.16 Å². The first-order valence-electron chi connectivity index (χ1n) is 6.30. The number of halogens is 1. The van der Waals surface area contributed by atoms with E-state index in [1.165, 1.54) is 0 Å². The molecule has 1 heterocycles. The summed E-state index contributed by atoms with van der Waals surface area (Å²) >= 11 is 5.85. The number of oxime groups is 1. The van der Waals surface area contributed by atoms with Gasteiger partial charge in [0.05, 0.1) is 17.1 Å². The lowest BCUT2D eigenvalue weighted by Gasteiger charge is -2.28. The van der Waals surface area contributed by atoms with Gasteiger partial charge in [0.1, 0.15) is 5.60 Å². The van der Waals surface area contributed by atoms with Gasteiger partial charge in [-0.15, -0.1) is 11.6 Å². The number of hydrogen-bond acceptors (Lipinski definition) is 4. The molecule has 1 atom stereocenters. The molecule has 6 heteroatoms. The van der Waals surface area contributed by atoms with E-state index in [4.69, 9.17) is 21.2 Å². The van der Waals surface area contributed by atoms with Gasteiger partial charge in [0.15, 0.2) is 5.60 Å². The van der Waals surface area contributed by atoms with Crippen LogP contribution < -0.4 is 5.32 Å². The van der Waals surface area contributed by atoms with Crippen molar-refractivity contribution < 1.29 is 14.4 Å². The molecule has 0 aromatic carbocycles. The fourth-order valence-electron chi connectivity index (χ4n) is 1.62. The molecule has 1 aliphatic rings. The standard InChI is InChI=1S/C13H23ClN2O3/c1-11(2,3)18-10(17)15-12(4,5)9-7-13(6,8-14)19-16-9/h7-8H2,1-6H3,(H,15,17). The van der Waals surface area contributed by atoms with Crippen molar-refractivity contribution in [3.63, 3.8) is 0 Å². The lowest BCUT2D eigenvalue weighted by Crippen LogP contribution is -2.51. The molecule has 110 valence electrons. The van der Waals surface area contributed by atoms with Gasteiger partial charge in [-0.05, 0) is 41.5 Å². The van der Waals surface area contributed by atoms with Crippen molar-refractivity contribution in [2.75, 3.05) is 5.88 Å². The van der Waals surface area contributed by atoms with Crippen LogP contribution in [0.25, 0.3) is 0 Å². The Hall–Kier alpha value is -0.970. The number of amides is 1. The number of carbonyl (C=O) groups excluding carboxylic acids is 1. The van der Waals surface area contributed by atoms with Crippen LogP contribution in [0.4, 0.5) is 4.79 Å². The maximum absolute atomic E-state index is 11.8. The zero-order valence-corrected chi connectivity index (χ0v) is 13.2. The van der Waals surface area contributed by atoms with Crippen molar-refractivity contribution in [1.29, 1.82) is 0 Å². The van der Waals surface area contributed by atoms with Crippen LogP contribution in [-0.4, -0.2) is 34.4 Å². The van der Waals surface area contributed by atoms with Crippen molar-refractivity contribution in [2.45, 2.75) is 64.7 Å². The highest BCUT2D eigenvalue weighted by Gasteiger charge is 2.41. The molecular formula is C13H23ClN2O3. The fourth-order valence-corrected chi connectivity index (χ4v) is 1.76. The maximum Gasteiger partial charge on any atom is 0.408 e. The molecule has 1 aliphatic heterocycles. The molecule has 0 fully saturated rings. The van der Waals surface area contributed by atoms with Gasteiger partial charge in [0.2, 0.25) is 0 Å². The highest BCUT2D eigenvalue weighted by atomic mass is 35.5. The van der Waals surface area contributed by atoms with Crippen LogP contribution in [0, 0.1) is 0 Å². The van der Waals surface area contributed by atoms with Gasteiger partial charge in [0.25, 0.3) is 0 Å². The van der Waals surface area contributed by atoms with Gasteiger partial charge in [-0.3, -0.25) is 0 Å². The summed E-state index contributed by atoms with van der Waals surface area (Å²) in [7, 11) is 0. The molecule has 1 N–H and O–H groups in total. The van der Waals surface area contributed by atoms with Crippen LogP contribution in [0.1, 0.15) is 48.0 Å². The lowest BCUT2D eigenvalue weighted by molar-refractivity contribution is 0.0152. The molecule has 0 aromatic rings. The van der Waals surface area contributed by atoms with Crippen LogP contribution in [0.2, 0.25) is 0 Å². The molecule has 0 aromatic heterocycles. The van der Waals surface area contributed by atoms with Crippen molar-refractivity contribution in [3.8, 4) is 0 Å². The first-order chi connectivity index (χ1) is 8.47. The summed E-state index contributed by atoms with van der Waals surface area (Å²) < 4.78 is 5.24. The molecule has 0 aliphatic carbocycles. The largest absolute Gasteiger partial charge is 0.444 e. The molecule has 0 saturated heterocycles. The Morgan fingerprint density at radius 1 is 1.47 bits per heavy atom. The molecule has 5 nitrogen and oxygen atoms in total. The van der Waals surface area contributed by atoms with Crippen molar-refractivity contribution in [2.24, 2.45) is 5.16 Å². The van der Waals surface area contributed by atoms with E-state index in [0.29, 0.717) is 12.3 Å². The third-order valence-electron chi connectivity index (χ3n) is 2.74. The van der Waals surface area contributed by atoms with Gasteiger partial charge >= 0.3 is 6.09 Å². The van der Waals surface area contributed by atoms with Gasteiger partial charge < -0.3 is 14.9 Å². The molecule has 0 saturated carbocycles. The van der Waals surface area contributed by atoms with E-state index in [-0.39, 0.29) is 0 Å². The van der Waals surface area contributed by atoms with Crippen molar-refractivity contribution >= 4 is 23.4 Å². The number of carbonyl (C=O) groups is 1. The molecule has 1 unspecified atom stereocenters. The molecule has 1 rings (SSSR count). The van der Waals surface area contributed by atoms with Crippen LogP contribution >= 0.6 is 11.6 Å². The highest BCUT2D eigenvalue weighted by Crippen LogP contribution is 2.29. The maximum atomic E-state index is 11.8. The molecule has 0 bridgehead atoms. The van der Waals surface area contributed by atoms with E-state index >= 15 is 0 Å². The number of nitrogens with zero attached hydrogens (tertiary/aromatic N) is 1. The highest BCUT2D eigenvalue weighted by molar-refractivity contribution is 6.19.